The van der Waals surface area contributed by atoms with E-state index in [1.165, 1.54) is 4.90 Å². The number of para-hydroxylation sites is 1. The molecule has 1 saturated heterocycles. The van der Waals surface area contributed by atoms with Gasteiger partial charge in [0.15, 0.2) is 6.10 Å². The lowest BCUT2D eigenvalue weighted by atomic mass is 10.1. The molecule has 2 amide bonds. The first kappa shape index (κ1) is 18.0. The molecule has 28 heavy (non-hydrogen) atoms. The van der Waals surface area contributed by atoms with Gasteiger partial charge in [0.05, 0.1) is 5.92 Å². The lowest BCUT2D eigenvalue weighted by Gasteiger charge is -2.17. The quantitative estimate of drug-likeness (QED) is 0.848. The largest absolute Gasteiger partial charge is 0.481 e. The molecule has 2 atom stereocenters. The van der Waals surface area contributed by atoms with Crippen molar-refractivity contribution >= 4 is 23.5 Å². The molecule has 4 rings (SSSR count). The van der Waals surface area contributed by atoms with Crippen LogP contribution in [0.4, 0.5) is 5.69 Å². The highest BCUT2D eigenvalue weighted by atomic mass is 16.5. The molecule has 0 radical (unpaired) electrons. The van der Waals surface area contributed by atoms with E-state index in [0.29, 0.717) is 36.4 Å². The number of fused-ring (bicyclic) bond motifs is 1. The Labute approximate surface area is 161 Å². The standard InChI is InChI=1S/C21H20N2O5/c24-19(18-11-13-4-1-2-7-17(13)28-18)22-16-6-3-5-14(10-16)20(25)23-9-8-15(12-23)21(26)27/h1-7,10,15,18H,8-9,11-12H2,(H,22,24)(H,26,27). The summed E-state index contributed by atoms with van der Waals surface area (Å²) in [6.45, 7) is 0.624. The van der Waals surface area contributed by atoms with Crippen LogP contribution in [0.5, 0.6) is 5.75 Å². The topological polar surface area (TPSA) is 95.9 Å². The monoisotopic (exact) mass is 380 g/mol. The molecule has 0 bridgehead atoms. The number of hydrogen-bond donors (Lipinski definition) is 2. The van der Waals surface area contributed by atoms with Crippen molar-refractivity contribution in [3.8, 4) is 5.75 Å². The zero-order valence-electron chi connectivity index (χ0n) is 15.1. The minimum Gasteiger partial charge on any atom is -0.481 e. The second kappa shape index (κ2) is 7.34. The van der Waals surface area contributed by atoms with Crippen molar-refractivity contribution in [1.82, 2.24) is 4.90 Å². The van der Waals surface area contributed by atoms with E-state index in [1.807, 2.05) is 24.3 Å². The van der Waals surface area contributed by atoms with Crippen LogP contribution in [-0.4, -0.2) is 47.0 Å². The second-order valence-corrected chi connectivity index (χ2v) is 7.06. The van der Waals surface area contributed by atoms with Gasteiger partial charge in [0.1, 0.15) is 5.75 Å². The van der Waals surface area contributed by atoms with Crippen molar-refractivity contribution in [2.45, 2.75) is 18.9 Å². The number of benzene rings is 2. The molecule has 2 unspecified atom stereocenters. The number of hydrogen-bond acceptors (Lipinski definition) is 4. The van der Waals surface area contributed by atoms with Gasteiger partial charge >= 0.3 is 5.97 Å². The van der Waals surface area contributed by atoms with Crippen LogP contribution in [0.1, 0.15) is 22.3 Å². The Morgan fingerprint density at radius 2 is 1.93 bits per heavy atom. The number of anilines is 1. The average Bonchev–Trinajstić information content (AvgIpc) is 3.35. The molecule has 7 nitrogen and oxygen atoms in total. The summed E-state index contributed by atoms with van der Waals surface area (Å²) in [6.07, 6.45) is 0.355. The minimum absolute atomic E-state index is 0.207. The summed E-state index contributed by atoms with van der Waals surface area (Å²) in [6, 6.07) is 14.2. The van der Waals surface area contributed by atoms with Gasteiger partial charge in [-0.1, -0.05) is 24.3 Å². The molecule has 2 aliphatic rings. The van der Waals surface area contributed by atoms with Gasteiger partial charge in [0.25, 0.3) is 11.8 Å². The molecule has 2 heterocycles. The van der Waals surface area contributed by atoms with Gasteiger partial charge in [-0.05, 0) is 36.2 Å². The van der Waals surface area contributed by atoms with Crippen molar-refractivity contribution in [3.63, 3.8) is 0 Å². The molecule has 2 N–H and O–H groups in total. The van der Waals surface area contributed by atoms with E-state index in [2.05, 4.69) is 5.32 Å². The highest BCUT2D eigenvalue weighted by Gasteiger charge is 2.32. The van der Waals surface area contributed by atoms with Gasteiger partial charge in [0, 0.05) is 30.8 Å². The van der Waals surface area contributed by atoms with Gasteiger partial charge in [0.2, 0.25) is 0 Å². The molecule has 0 aromatic heterocycles. The fourth-order valence-corrected chi connectivity index (χ4v) is 3.61. The van der Waals surface area contributed by atoms with Crippen LogP contribution in [-0.2, 0) is 16.0 Å². The van der Waals surface area contributed by atoms with Crippen molar-refractivity contribution in [2.75, 3.05) is 18.4 Å². The number of likely N-dealkylation sites (tertiary alicyclic amines) is 1. The molecule has 1 fully saturated rings. The maximum absolute atomic E-state index is 12.7. The van der Waals surface area contributed by atoms with Crippen LogP contribution in [0.25, 0.3) is 0 Å². The van der Waals surface area contributed by atoms with Gasteiger partial charge in [-0.3, -0.25) is 14.4 Å². The number of amides is 2. The van der Waals surface area contributed by atoms with Gasteiger partial charge in [-0.25, -0.2) is 0 Å². The molecule has 7 heteroatoms. The number of nitrogens with zero attached hydrogens (tertiary/aromatic N) is 1. The summed E-state index contributed by atoms with van der Waals surface area (Å²) in [5, 5.41) is 11.9. The molecular weight excluding hydrogens is 360 g/mol. The minimum atomic E-state index is -0.881. The third-order valence-electron chi connectivity index (χ3n) is 5.14. The smallest absolute Gasteiger partial charge is 0.308 e. The molecule has 2 aromatic rings. The number of rotatable bonds is 4. The molecule has 0 spiro atoms. The summed E-state index contributed by atoms with van der Waals surface area (Å²) in [7, 11) is 0. The fourth-order valence-electron chi connectivity index (χ4n) is 3.61. The van der Waals surface area contributed by atoms with E-state index in [0.717, 1.165) is 5.56 Å². The number of carboxylic acid groups (broad SMARTS) is 1. The van der Waals surface area contributed by atoms with Crippen molar-refractivity contribution in [2.24, 2.45) is 5.92 Å². The van der Waals surface area contributed by atoms with E-state index in [4.69, 9.17) is 9.84 Å². The fraction of sp³-hybridized carbons (Fsp3) is 0.286. The Morgan fingerprint density at radius 1 is 1.11 bits per heavy atom. The van der Waals surface area contributed by atoms with E-state index < -0.39 is 18.0 Å². The number of ether oxygens (including phenoxy) is 1. The van der Waals surface area contributed by atoms with E-state index >= 15 is 0 Å². The zero-order valence-corrected chi connectivity index (χ0v) is 15.1. The Morgan fingerprint density at radius 3 is 2.68 bits per heavy atom. The lowest BCUT2D eigenvalue weighted by molar-refractivity contribution is -0.141. The summed E-state index contributed by atoms with van der Waals surface area (Å²) in [4.78, 5) is 37.8. The number of nitrogens with one attached hydrogen (secondary N) is 1. The van der Waals surface area contributed by atoms with Gasteiger partial charge in [-0.15, -0.1) is 0 Å². The normalized spacial score (nSPS) is 20.4. The van der Waals surface area contributed by atoms with Crippen LogP contribution in [0.15, 0.2) is 48.5 Å². The SMILES string of the molecule is O=C(O)C1CCN(C(=O)c2cccc(NC(=O)C3Cc4ccccc4O3)c2)C1. The first-order valence-corrected chi connectivity index (χ1v) is 9.19. The first-order chi connectivity index (χ1) is 13.5. The predicted molar refractivity (Wildman–Crippen MR) is 101 cm³/mol. The molecular formula is C21H20N2O5. The maximum Gasteiger partial charge on any atom is 0.308 e. The van der Waals surface area contributed by atoms with Crippen molar-refractivity contribution in [3.05, 3.63) is 59.7 Å². The third-order valence-corrected chi connectivity index (χ3v) is 5.14. The number of carboxylic acids is 1. The van der Waals surface area contributed by atoms with Crippen molar-refractivity contribution in [1.29, 1.82) is 0 Å². The van der Waals surface area contributed by atoms with Gasteiger partial charge < -0.3 is 20.1 Å². The van der Waals surface area contributed by atoms with Gasteiger partial charge in [-0.2, -0.15) is 0 Å². The van der Waals surface area contributed by atoms with Crippen LogP contribution < -0.4 is 10.1 Å². The van der Waals surface area contributed by atoms with Crippen LogP contribution in [0.3, 0.4) is 0 Å². The van der Waals surface area contributed by atoms with Crippen molar-refractivity contribution < 1.29 is 24.2 Å². The molecule has 2 aromatic carbocycles. The number of carbonyl (C=O) groups excluding carboxylic acids is 2. The number of carbonyl (C=O) groups is 3. The number of aliphatic carboxylic acids is 1. The molecule has 0 aliphatic carbocycles. The Hall–Kier alpha value is -3.35. The summed E-state index contributed by atoms with van der Waals surface area (Å²) < 4.78 is 5.69. The van der Waals surface area contributed by atoms with E-state index in [1.54, 1.807) is 24.3 Å². The zero-order chi connectivity index (χ0) is 19.7. The summed E-state index contributed by atoms with van der Waals surface area (Å²) in [5.41, 5.74) is 1.91. The Balaban J connectivity index is 1.41. The predicted octanol–water partition coefficient (Wildman–Crippen LogP) is 2.18. The van der Waals surface area contributed by atoms with E-state index in [9.17, 15) is 14.4 Å². The first-order valence-electron chi connectivity index (χ1n) is 9.19. The highest BCUT2D eigenvalue weighted by Crippen LogP contribution is 2.29. The molecule has 2 aliphatic heterocycles. The summed E-state index contributed by atoms with van der Waals surface area (Å²) in [5.74, 6) is -1.19. The van der Waals surface area contributed by atoms with Crippen LogP contribution in [0, 0.1) is 5.92 Å². The Kier molecular flexibility index (Phi) is 4.73. The second-order valence-electron chi connectivity index (χ2n) is 7.06. The van der Waals surface area contributed by atoms with Crippen LogP contribution >= 0.6 is 0 Å². The van der Waals surface area contributed by atoms with Crippen LogP contribution in [0.2, 0.25) is 0 Å². The van der Waals surface area contributed by atoms with E-state index in [-0.39, 0.29) is 18.4 Å². The lowest BCUT2D eigenvalue weighted by Crippen LogP contribution is -2.32. The molecule has 0 saturated carbocycles. The summed E-state index contributed by atoms with van der Waals surface area (Å²) >= 11 is 0. The third kappa shape index (κ3) is 3.55. The maximum atomic E-state index is 12.7. The molecule has 144 valence electrons. The average molecular weight is 380 g/mol. The Bertz CT molecular complexity index is 917. The highest BCUT2D eigenvalue weighted by molar-refractivity contribution is 5.99.